The van der Waals surface area contributed by atoms with Gasteiger partial charge in [0.1, 0.15) is 0 Å². The molecule has 18 heavy (non-hydrogen) atoms. The minimum Gasteiger partial charge on any atom is -0.481 e. The van der Waals surface area contributed by atoms with Crippen LogP contribution in [0.3, 0.4) is 0 Å². The van der Waals surface area contributed by atoms with E-state index in [0.717, 1.165) is 6.42 Å². The second-order valence-electron chi connectivity index (χ2n) is 4.14. The average molecular weight is 272 g/mol. The monoisotopic (exact) mass is 272 g/mol. The molecule has 0 saturated carbocycles. The van der Waals surface area contributed by atoms with E-state index in [2.05, 4.69) is 0 Å². The Bertz CT molecular complexity index is 465. The molecule has 6 heteroatoms. The number of aliphatic carboxylic acids is 1. The second kappa shape index (κ2) is 6.14. The lowest BCUT2D eigenvalue weighted by Crippen LogP contribution is -2.20. The van der Waals surface area contributed by atoms with Crippen molar-refractivity contribution in [2.75, 3.05) is 0 Å². The number of hydrogen-bond acceptors (Lipinski definition) is 2. The summed E-state index contributed by atoms with van der Waals surface area (Å²) in [5.74, 6) is -1.92. The van der Waals surface area contributed by atoms with E-state index in [1.165, 1.54) is 18.2 Å². The minimum absolute atomic E-state index is 0.187. The van der Waals surface area contributed by atoms with Gasteiger partial charge in [0.05, 0.1) is 11.2 Å². The van der Waals surface area contributed by atoms with Gasteiger partial charge in [0.25, 0.3) is 0 Å². The topological polar surface area (TPSA) is 94.8 Å². The summed E-state index contributed by atoms with van der Waals surface area (Å²) in [5, 5.41) is 9.00. The first-order valence-corrected chi connectivity index (χ1v) is 7.37. The first-order valence-electron chi connectivity index (χ1n) is 5.75. The molecule has 0 spiro atoms. The predicted molar refractivity (Wildman–Crippen MR) is 68.0 cm³/mol. The molecule has 0 saturated heterocycles. The summed E-state index contributed by atoms with van der Waals surface area (Å²) in [6.45, 7) is 1.94. The van der Waals surface area contributed by atoms with E-state index in [1.54, 1.807) is 6.07 Å². The van der Waals surface area contributed by atoms with E-state index < -0.39 is 19.5 Å². The van der Waals surface area contributed by atoms with Crippen molar-refractivity contribution in [2.45, 2.75) is 32.1 Å². The van der Waals surface area contributed by atoms with Crippen LogP contribution in [0, 0.1) is 0 Å². The molecule has 0 bridgehead atoms. The van der Waals surface area contributed by atoms with Crippen LogP contribution in [0.15, 0.2) is 24.3 Å². The Morgan fingerprint density at radius 2 is 1.94 bits per heavy atom. The Balaban J connectivity index is 3.20. The molecule has 0 aliphatic heterocycles. The third kappa shape index (κ3) is 3.67. The lowest BCUT2D eigenvalue weighted by Gasteiger charge is -2.17. The van der Waals surface area contributed by atoms with Crippen LogP contribution in [0.4, 0.5) is 0 Å². The number of hydrogen-bond donors (Lipinski definition) is 3. The average Bonchev–Trinajstić information content (AvgIpc) is 2.28. The Hall–Kier alpha value is -1.16. The number of rotatable bonds is 6. The van der Waals surface area contributed by atoms with Crippen LogP contribution in [0.5, 0.6) is 0 Å². The maximum atomic E-state index is 11.4. The van der Waals surface area contributed by atoms with Gasteiger partial charge in [0.2, 0.25) is 0 Å². The van der Waals surface area contributed by atoms with Gasteiger partial charge in [-0.05, 0) is 18.1 Å². The lowest BCUT2D eigenvalue weighted by atomic mass is 9.94. The first-order chi connectivity index (χ1) is 8.38. The fourth-order valence-electron chi connectivity index (χ4n) is 1.87. The Labute approximate surface area is 106 Å². The highest BCUT2D eigenvalue weighted by Gasteiger charge is 2.28. The van der Waals surface area contributed by atoms with Crippen molar-refractivity contribution in [3.05, 3.63) is 29.8 Å². The van der Waals surface area contributed by atoms with Gasteiger partial charge < -0.3 is 14.9 Å². The standard InChI is InChI=1S/C12H17O5P/c1-2-3-6-10(12(13)14)9-7-4-5-8-11(9)18(15,16)17/h4-5,7-8,10H,2-3,6H2,1H3,(H,13,14)(H2,15,16,17). The van der Waals surface area contributed by atoms with E-state index >= 15 is 0 Å². The lowest BCUT2D eigenvalue weighted by molar-refractivity contribution is -0.139. The first kappa shape index (κ1) is 14.9. The second-order valence-corrected chi connectivity index (χ2v) is 5.71. The molecular formula is C12H17O5P. The molecule has 0 aromatic heterocycles. The summed E-state index contributed by atoms with van der Waals surface area (Å²) < 4.78 is 11.4. The number of unbranched alkanes of at least 4 members (excludes halogenated alkanes) is 1. The largest absolute Gasteiger partial charge is 0.481 e. The highest BCUT2D eigenvalue weighted by molar-refractivity contribution is 7.60. The zero-order valence-corrected chi connectivity index (χ0v) is 11.0. The van der Waals surface area contributed by atoms with Gasteiger partial charge in [-0.3, -0.25) is 9.36 Å². The number of carboxylic acids is 1. The molecule has 0 amide bonds. The minimum atomic E-state index is -4.44. The Morgan fingerprint density at radius 1 is 1.33 bits per heavy atom. The number of carboxylic acid groups (broad SMARTS) is 1. The molecule has 100 valence electrons. The van der Waals surface area contributed by atoms with Gasteiger partial charge in [-0.25, -0.2) is 0 Å². The molecule has 0 aliphatic carbocycles. The SMILES string of the molecule is CCCCC(C(=O)O)c1ccccc1P(=O)(O)O. The van der Waals surface area contributed by atoms with Crippen molar-refractivity contribution < 1.29 is 24.3 Å². The summed E-state index contributed by atoms with van der Waals surface area (Å²) >= 11 is 0. The van der Waals surface area contributed by atoms with Gasteiger partial charge >= 0.3 is 13.6 Å². The Kier molecular flexibility index (Phi) is 5.08. The molecule has 0 fully saturated rings. The van der Waals surface area contributed by atoms with Gasteiger partial charge in [0, 0.05) is 0 Å². The summed E-state index contributed by atoms with van der Waals surface area (Å²) in [6, 6.07) is 5.86. The van der Waals surface area contributed by atoms with Crippen LogP contribution in [0.25, 0.3) is 0 Å². The van der Waals surface area contributed by atoms with E-state index in [9.17, 15) is 24.3 Å². The molecule has 1 atom stereocenters. The Morgan fingerprint density at radius 3 is 2.44 bits per heavy atom. The maximum absolute atomic E-state index is 11.4. The van der Waals surface area contributed by atoms with Crippen molar-refractivity contribution in [3.63, 3.8) is 0 Å². The molecule has 1 aromatic rings. The van der Waals surface area contributed by atoms with Crippen LogP contribution in [0.2, 0.25) is 0 Å². The summed E-state index contributed by atoms with van der Waals surface area (Å²) in [6.07, 6.45) is 1.91. The molecule has 3 N–H and O–H groups in total. The van der Waals surface area contributed by atoms with Gasteiger partial charge in [-0.15, -0.1) is 0 Å². The predicted octanol–water partition coefficient (Wildman–Crippen LogP) is 1.85. The third-order valence-electron chi connectivity index (χ3n) is 2.77. The molecule has 0 radical (unpaired) electrons. The van der Waals surface area contributed by atoms with Gasteiger partial charge in [-0.2, -0.15) is 0 Å². The van der Waals surface area contributed by atoms with Crippen LogP contribution in [-0.4, -0.2) is 20.9 Å². The fraction of sp³-hybridized carbons (Fsp3) is 0.417. The third-order valence-corrected chi connectivity index (χ3v) is 3.81. The summed E-state index contributed by atoms with van der Waals surface area (Å²) in [4.78, 5) is 29.7. The van der Waals surface area contributed by atoms with Crippen LogP contribution in [-0.2, 0) is 9.36 Å². The highest BCUT2D eigenvalue weighted by atomic mass is 31.2. The molecular weight excluding hydrogens is 255 g/mol. The highest BCUT2D eigenvalue weighted by Crippen LogP contribution is 2.37. The van der Waals surface area contributed by atoms with E-state index in [-0.39, 0.29) is 10.9 Å². The number of benzene rings is 1. The van der Waals surface area contributed by atoms with Crippen LogP contribution >= 0.6 is 7.60 Å². The van der Waals surface area contributed by atoms with E-state index in [0.29, 0.717) is 12.8 Å². The molecule has 1 aromatic carbocycles. The number of carbonyl (C=O) groups is 1. The smallest absolute Gasteiger partial charge is 0.356 e. The van der Waals surface area contributed by atoms with Gasteiger partial charge in [-0.1, -0.05) is 38.0 Å². The molecule has 0 aliphatic rings. The fourth-order valence-corrected chi connectivity index (χ4v) is 2.71. The maximum Gasteiger partial charge on any atom is 0.356 e. The molecule has 1 rings (SSSR count). The molecule has 1 unspecified atom stereocenters. The summed E-state index contributed by atoms with van der Waals surface area (Å²) in [7, 11) is -4.44. The van der Waals surface area contributed by atoms with E-state index in [4.69, 9.17) is 0 Å². The quantitative estimate of drug-likeness (QED) is 0.687. The van der Waals surface area contributed by atoms with Crippen molar-refractivity contribution in [1.29, 1.82) is 0 Å². The molecule has 0 heterocycles. The zero-order chi connectivity index (χ0) is 13.8. The summed E-state index contributed by atoms with van der Waals surface area (Å²) in [5.41, 5.74) is 0.215. The normalized spacial score (nSPS) is 13.3. The molecule has 5 nitrogen and oxygen atoms in total. The van der Waals surface area contributed by atoms with Crippen molar-refractivity contribution in [2.24, 2.45) is 0 Å². The van der Waals surface area contributed by atoms with Crippen molar-refractivity contribution in [3.8, 4) is 0 Å². The zero-order valence-electron chi connectivity index (χ0n) is 10.1. The van der Waals surface area contributed by atoms with Crippen molar-refractivity contribution >= 4 is 18.9 Å². The van der Waals surface area contributed by atoms with Crippen LogP contribution in [0.1, 0.15) is 37.7 Å². The van der Waals surface area contributed by atoms with E-state index in [1.807, 2.05) is 6.92 Å². The van der Waals surface area contributed by atoms with Gasteiger partial charge in [0.15, 0.2) is 0 Å². The van der Waals surface area contributed by atoms with Crippen molar-refractivity contribution in [1.82, 2.24) is 0 Å². The van der Waals surface area contributed by atoms with Crippen LogP contribution < -0.4 is 5.30 Å².